The minimum absolute atomic E-state index is 0.0417. The molecule has 108 valence electrons. The molecule has 1 aromatic rings. The van der Waals surface area contributed by atoms with Crippen molar-refractivity contribution in [1.29, 1.82) is 0 Å². The highest BCUT2D eigenvalue weighted by molar-refractivity contribution is 5.84. The van der Waals surface area contributed by atoms with Crippen LogP contribution in [0.2, 0.25) is 0 Å². The molecular weight excluding hydrogens is 260 g/mol. The van der Waals surface area contributed by atoms with Gasteiger partial charge in [-0.05, 0) is 43.2 Å². The van der Waals surface area contributed by atoms with Gasteiger partial charge in [0.15, 0.2) is 0 Å². The standard InChI is InChI=1S/C14H18N2O4/c15-12-8-2-1-7(5-8)11(12)13(17)16-6-9-3-4-10(20-9)14(18)19/h3-4,7-8,11-12H,1-2,5-6,15H2,(H,16,17)(H,18,19). The Labute approximate surface area is 116 Å². The van der Waals surface area contributed by atoms with E-state index in [0.717, 1.165) is 19.3 Å². The number of carbonyl (C=O) groups excluding carboxylic acids is 1. The lowest BCUT2D eigenvalue weighted by Crippen LogP contribution is -2.45. The average Bonchev–Trinajstić information content (AvgIpc) is 3.11. The minimum atomic E-state index is -1.11. The van der Waals surface area contributed by atoms with Gasteiger partial charge in [0.1, 0.15) is 5.76 Å². The van der Waals surface area contributed by atoms with Crippen LogP contribution in [-0.4, -0.2) is 23.0 Å². The van der Waals surface area contributed by atoms with E-state index in [2.05, 4.69) is 5.32 Å². The molecule has 4 atom stereocenters. The van der Waals surface area contributed by atoms with Crippen molar-refractivity contribution in [1.82, 2.24) is 5.32 Å². The summed E-state index contributed by atoms with van der Waals surface area (Å²) < 4.78 is 5.10. The summed E-state index contributed by atoms with van der Waals surface area (Å²) in [5.41, 5.74) is 6.12. The smallest absolute Gasteiger partial charge is 0.371 e. The van der Waals surface area contributed by atoms with Crippen LogP contribution in [0, 0.1) is 17.8 Å². The number of rotatable bonds is 4. The summed E-state index contributed by atoms with van der Waals surface area (Å²) in [6, 6.07) is 2.90. The maximum Gasteiger partial charge on any atom is 0.371 e. The van der Waals surface area contributed by atoms with Gasteiger partial charge < -0.3 is 20.6 Å². The number of amides is 1. The Morgan fingerprint density at radius 3 is 2.70 bits per heavy atom. The maximum absolute atomic E-state index is 12.2. The Hall–Kier alpha value is -1.82. The Morgan fingerprint density at radius 2 is 2.10 bits per heavy atom. The van der Waals surface area contributed by atoms with Crippen LogP contribution in [0.3, 0.4) is 0 Å². The van der Waals surface area contributed by atoms with E-state index in [1.807, 2.05) is 0 Å². The zero-order valence-corrected chi connectivity index (χ0v) is 11.0. The topological polar surface area (TPSA) is 106 Å². The highest BCUT2D eigenvalue weighted by Gasteiger charge is 2.48. The largest absolute Gasteiger partial charge is 0.475 e. The van der Waals surface area contributed by atoms with E-state index < -0.39 is 5.97 Å². The number of aromatic carboxylic acids is 1. The monoisotopic (exact) mass is 278 g/mol. The van der Waals surface area contributed by atoms with Crippen molar-refractivity contribution < 1.29 is 19.1 Å². The van der Waals surface area contributed by atoms with E-state index in [1.165, 1.54) is 6.07 Å². The molecule has 2 fully saturated rings. The van der Waals surface area contributed by atoms with Crippen LogP contribution in [0.25, 0.3) is 0 Å². The third-order valence-electron chi connectivity index (χ3n) is 4.59. The Bertz CT molecular complexity index is 537. The van der Waals surface area contributed by atoms with Crippen LogP contribution in [0.15, 0.2) is 16.5 Å². The van der Waals surface area contributed by atoms with Crippen LogP contribution in [0.4, 0.5) is 0 Å². The van der Waals surface area contributed by atoms with Gasteiger partial charge in [-0.1, -0.05) is 0 Å². The predicted molar refractivity (Wildman–Crippen MR) is 69.8 cm³/mol. The second-order valence-electron chi connectivity index (χ2n) is 5.73. The number of carboxylic acid groups (broad SMARTS) is 1. The van der Waals surface area contributed by atoms with Crippen LogP contribution in [0.1, 0.15) is 35.6 Å². The van der Waals surface area contributed by atoms with Crippen molar-refractivity contribution in [3.05, 3.63) is 23.7 Å². The third kappa shape index (κ3) is 2.20. The van der Waals surface area contributed by atoms with E-state index in [9.17, 15) is 9.59 Å². The summed E-state index contributed by atoms with van der Waals surface area (Å²) in [6.45, 7) is 0.201. The number of furan rings is 1. The lowest BCUT2D eigenvalue weighted by atomic mass is 9.84. The summed E-state index contributed by atoms with van der Waals surface area (Å²) >= 11 is 0. The molecule has 3 rings (SSSR count). The average molecular weight is 278 g/mol. The van der Waals surface area contributed by atoms with E-state index in [0.29, 0.717) is 17.6 Å². The molecule has 20 heavy (non-hydrogen) atoms. The summed E-state index contributed by atoms with van der Waals surface area (Å²) in [5, 5.41) is 11.6. The summed E-state index contributed by atoms with van der Waals surface area (Å²) in [7, 11) is 0. The SMILES string of the molecule is NC1C2CCC(C2)C1C(=O)NCc1ccc(C(=O)O)o1. The van der Waals surface area contributed by atoms with Crippen LogP contribution >= 0.6 is 0 Å². The Balaban J connectivity index is 1.58. The first-order valence-corrected chi connectivity index (χ1v) is 6.91. The number of nitrogens with one attached hydrogen (secondary N) is 1. The first kappa shape index (κ1) is 13.2. The zero-order valence-electron chi connectivity index (χ0n) is 11.0. The highest BCUT2D eigenvalue weighted by Crippen LogP contribution is 2.47. The van der Waals surface area contributed by atoms with E-state index >= 15 is 0 Å². The minimum Gasteiger partial charge on any atom is -0.475 e. The van der Waals surface area contributed by atoms with E-state index in [4.69, 9.17) is 15.3 Å². The highest BCUT2D eigenvalue weighted by atomic mass is 16.4. The molecule has 4 N–H and O–H groups in total. The van der Waals surface area contributed by atoms with E-state index in [1.54, 1.807) is 6.07 Å². The third-order valence-corrected chi connectivity index (χ3v) is 4.59. The molecular formula is C14H18N2O4. The molecule has 0 aliphatic heterocycles. The quantitative estimate of drug-likeness (QED) is 0.761. The number of hydrogen-bond donors (Lipinski definition) is 3. The van der Waals surface area contributed by atoms with Crippen LogP contribution in [-0.2, 0) is 11.3 Å². The fraction of sp³-hybridized carbons (Fsp3) is 0.571. The number of carboxylic acids is 1. The molecule has 0 radical (unpaired) electrons. The van der Waals surface area contributed by atoms with Gasteiger partial charge in [0, 0.05) is 6.04 Å². The molecule has 2 saturated carbocycles. The lowest BCUT2D eigenvalue weighted by molar-refractivity contribution is -0.127. The van der Waals surface area contributed by atoms with Crippen LogP contribution < -0.4 is 11.1 Å². The number of fused-ring (bicyclic) bond motifs is 2. The van der Waals surface area contributed by atoms with Gasteiger partial charge in [0.05, 0.1) is 12.5 Å². The molecule has 0 spiro atoms. The molecule has 6 nitrogen and oxygen atoms in total. The second kappa shape index (κ2) is 4.94. The molecule has 1 amide bonds. The molecule has 6 heteroatoms. The summed E-state index contributed by atoms with van der Waals surface area (Å²) in [5.74, 6) is -0.0594. The van der Waals surface area contributed by atoms with Gasteiger partial charge >= 0.3 is 5.97 Å². The van der Waals surface area contributed by atoms with Gasteiger partial charge in [-0.25, -0.2) is 4.79 Å². The van der Waals surface area contributed by atoms with Gasteiger partial charge in [-0.15, -0.1) is 0 Å². The fourth-order valence-corrected chi connectivity index (χ4v) is 3.60. The van der Waals surface area contributed by atoms with Gasteiger partial charge in [0.25, 0.3) is 0 Å². The maximum atomic E-state index is 12.2. The number of nitrogens with two attached hydrogens (primary N) is 1. The lowest BCUT2D eigenvalue weighted by Gasteiger charge is -2.26. The normalized spacial score (nSPS) is 31.4. The molecule has 1 aromatic heterocycles. The van der Waals surface area contributed by atoms with Gasteiger partial charge in [-0.2, -0.15) is 0 Å². The Kier molecular flexibility index (Phi) is 3.25. The molecule has 0 aromatic carbocycles. The van der Waals surface area contributed by atoms with Crippen molar-refractivity contribution in [2.75, 3.05) is 0 Å². The molecule has 2 aliphatic rings. The fourth-order valence-electron chi connectivity index (χ4n) is 3.60. The molecule has 1 heterocycles. The molecule has 2 bridgehead atoms. The van der Waals surface area contributed by atoms with Crippen molar-refractivity contribution in [3.63, 3.8) is 0 Å². The van der Waals surface area contributed by atoms with Crippen molar-refractivity contribution in [3.8, 4) is 0 Å². The molecule has 0 saturated heterocycles. The number of hydrogen-bond acceptors (Lipinski definition) is 4. The van der Waals surface area contributed by atoms with Gasteiger partial charge in [0.2, 0.25) is 11.7 Å². The van der Waals surface area contributed by atoms with Crippen molar-refractivity contribution >= 4 is 11.9 Å². The van der Waals surface area contributed by atoms with Crippen molar-refractivity contribution in [2.24, 2.45) is 23.5 Å². The van der Waals surface area contributed by atoms with Crippen LogP contribution in [0.5, 0.6) is 0 Å². The first-order chi connectivity index (χ1) is 9.56. The number of carbonyl (C=O) groups is 2. The Morgan fingerprint density at radius 1 is 1.35 bits per heavy atom. The van der Waals surface area contributed by atoms with Crippen molar-refractivity contribution in [2.45, 2.75) is 31.8 Å². The predicted octanol–water partition coefficient (Wildman–Crippen LogP) is 0.967. The first-order valence-electron chi connectivity index (χ1n) is 6.91. The molecule has 2 aliphatic carbocycles. The van der Waals surface area contributed by atoms with E-state index in [-0.39, 0.29) is 30.2 Å². The zero-order chi connectivity index (χ0) is 14.3. The summed E-state index contributed by atoms with van der Waals surface area (Å²) in [6.07, 6.45) is 3.28. The molecule has 4 unspecified atom stereocenters. The van der Waals surface area contributed by atoms with Gasteiger partial charge in [-0.3, -0.25) is 4.79 Å². The second-order valence-corrected chi connectivity index (χ2v) is 5.73. The summed E-state index contributed by atoms with van der Waals surface area (Å²) in [4.78, 5) is 22.9.